The summed E-state index contributed by atoms with van der Waals surface area (Å²) in [6.07, 6.45) is -4.63. The van der Waals surface area contributed by atoms with Gasteiger partial charge in [0.05, 0.1) is 29.2 Å². The van der Waals surface area contributed by atoms with Crippen LogP contribution >= 0.6 is 0 Å². The van der Waals surface area contributed by atoms with E-state index in [1.807, 2.05) is 0 Å². The van der Waals surface area contributed by atoms with Gasteiger partial charge in [-0.2, -0.15) is 18.4 Å². The van der Waals surface area contributed by atoms with Crippen molar-refractivity contribution in [1.82, 2.24) is 4.90 Å². The molecule has 0 spiro atoms. The van der Waals surface area contributed by atoms with E-state index in [-0.39, 0.29) is 24.1 Å². The second-order valence-electron chi connectivity index (χ2n) is 3.93. The number of carbonyl (C=O) groups is 2. The van der Waals surface area contributed by atoms with Crippen molar-refractivity contribution in [3.63, 3.8) is 0 Å². The summed E-state index contributed by atoms with van der Waals surface area (Å²) in [5.74, 6) is -1.45. The number of hydrogen-bond acceptors (Lipinski definition) is 3. The molecule has 0 saturated heterocycles. The zero-order chi connectivity index (χ0) is 14.2. The van der Waals surface area contributed by atoms with Crippen molar-refractivity contribution in [1.29, 1.82) is 5.26 Å². The van der Waals surface area contributed by atoms with Gasteiger partial charge in [0.1, 0.15) is 0 Å². The highest BCUT2D eigenvalue weighted by atomic mass is 19.4. The van der Waals surface area contributed by atoms with Crippen molar-refractivity contribution in [2.24, 2.45) is 0 Å². The molecule has 1 heterocycles. The van der Waals surface area contributed by atoms with E-state index < -0.39 is 23.6 Å². The third-order valence-electron chi connectivity index (χ3n) is 2.75. The third-order valence-corrected chi connectivity index (χ3v) is 2.75. The zero-order valence-corrected chi connectivity index (χ0v) is 9.49. The molecule has 0 aliphatic carbocycles. The highest BCUT2D eigenvalue weighted by molar-refractivity contribution is 6.21. The molecule has 0 atom stereocenters. The number of nitriles is 1. The molecule has 4 nitrogen and oxygen atoms in total. The number of alkyl halides is 3. The maximum Gasteiger partial charge on any atom is 0.416 e. The lowest BCUT2D eigenvalue weighted by molar-refractivity contribution is -0.137. The summed E-state index contributed by atoms with van der Waals surface area (Å²) < 4.78 is 37.6. The van der Waals surface area contributed by atoms with E-state index in [4.69, 9.17) is 5.26 Å². The van der Waals surface area contributed by atoms with E-state index in [1.54, 1.807) is 6.07 Å². The Hall–Kier alpha value is -2.36. The molecule has 7 heteroatoms. The molecule has 1 aromatic rings. The van der Waals surface area contributed by atoms with Gasteiger partial charge in [0.2, 0.25) is 0 Å². The SMILES string of the molecule is N#CCCN1C(=O)c2ccc(C(F)(F)F)cc2C1=O. The smallest absolute Gasteiger partial charge is 0.273 e. The lowest BCUT2D eigenvalue weighted by Crippen LogP contribution is -2.30. The standard InChI is InChI=1S/C12H7F3N2O2/c13-12(14,15)7-2-3-8-9(6-7)11(19)17(10(8)18)5-1-4-16/h2-3,6H,1,5H2. The fraction of sp³-hybridized carbons (Fsp3) is 0.250. The van der Waals surface area contributed by atoms with Crippen LogP contribution in [0.2, 0.25) is 0 Å². The molecule has 2 rings (SSSR count). The fourth-order valence-electron chi connectivity index (χ4n) is 1.83. The van der Waals surface area contributed by atoms with Gasteiger partial charge in [-0.25, -0.2) is 0 Å². The summed E-state index contributed by atoms with van der Waals surface area (Å²) in [5.41, 5.74) is -1.30. The van der Waals surface area contributed by atoms with Crippen molar-refractivity contribution in [2.45, 2.75) is 12.6 Å². The number of fused-ring (bicyclic) bond motifs is 1. The molecule has 1 aliphatic heterocycles. The minimum Gasteiger partial charge on any atom is -0.273 e. The lowest BCUT2D eigenvalue weighted by Gasteiger charge is -2.10. The number of amides is 2. The van der Waals surface area contributed by atoms with Gasteiger partial charge in [0.25, 0.3) is 11.8 Å². The van der Waals surface area contributed by atoms with Gasteiger partial charge in [0.15, 0.2) is 0 Å². The van der Waals surface area contributed by atoms with Crippen LogP contribution in [0.1, 0.15) is 32.7 Å². The van der Waals surface area contributed by atoms with Gasteiger partial charge in [-0.3, -0.25) is 14.5 Å². The van der Waals surface area contributed by atoms with Gasteiger partial charge in [-0.05, 0) is 18.2 Å². The Kier molecular flexibility index (Phi) is 3.02. The molecule has 1 aliphatic rings. The van der Waals surface area contributed by atoms with E-state index in [2.05, 4.69) is 0 Å². The first-order valence-corrected chi connectivity index (χ1v) is 5.30. The van der Waals surface area contributed by atoms with E-state index in [0.717, 1.165) is 17.0 Å². The molecular formula is C12H7F3N2O2. The molecule has 0 fully saturated rings. The molecule has 2 amide bonds. The van der Waals surface area contributed by atoms with Crippen LogP contribution in [0.4, 0.5) is 13.2 Å². The van der Waals surface area contributed by atoms with E-state index in [1.165, 1.54) is 0 Å². The fourth-order valence-corrected chi connectivity index (χ4v) is 1.83. The Balaban J connectivity index is 2.40. The van der Waals surface area contributed by atoms with E-state index in [9.17, 15) is 22.8 Å². The van der Waals surface area contributed by atoms with Crippen molar-refractivity contribution in [3.05, 3.63) is 34.9 Å². The largest absolute Gasteiger partial charge is 0.416 e. The van der Waals surface area contributed by atoms with Crippen molar-refractivity contribution in [2.75, 3.05) is 6.54 Å². The van der Waals surface area contributed by atoms with Crippen LogP contribution in [0.5, 0.6) is 0 Å². The normalized spacial score (nSPS) is 14.5. The Morgan fingerprint density at radius 1 is 1.16 bits per heavy atom. The average molecular weight is 268 g/mol. The summed E-state index contributed by atoms with van der Waals surface area (Å²) in [7, 11) is 0. The summed E-state index contributed by atoms with van der Waals surface area (Å²) in [6, 6.07) is 4.19. The molecule has 0 radical (unpaired) electrons. The van der Waals surface area contributed by atoms with Gasteiger partial charge >= 0.3 is 6.18 Å². The van der Waals surface area contributed by atoms with E-state index >= 15 is 0 Å². The molecular weight excluding hydrogens is 261 g/mol. The monoisotopic (exact) mass is 268 g/mol. The summed E-state index contributed by atoms with van der Waals surface area (Å²) in [4.78, 5) is 24.4. The predicted octanol–water partition coefficient (Wildman–Crippen LogP) is 2.22. The van der Waals surface area contributed by atoms with Crippen molar-refractivity contribution in [3.8, 4) is 6.07 Å². The van der Waals surface area contributed by atoms with Crippen LogP contribution < -0.4 is 0 Å². The molecule has 0 bridgehead atoms. The summed E-state index contributed by atoms with van der Waals surface area (Å²) >= 11 is 0. The van der Waals surface area contributed by atoms with Gasteiger partial charge in [-0.1, -0.05) is 0 Å². The quantitative estimate of drug-likeness (QED) is 0.772. The molecule has 98 valence electrons. The minimum atomic E-state index is -4.57. The third kappa shape index (κ3) is 2.17. The average Bonchev–Trinajstić information content (AvgIpc) is 2.59. The number of imide groups is 1. The van der Waals surface area contributed by atoms with Crippen LogP contribution in [0.25, 0.3) is 0 Å². The van der Waals surface area contributed by atoms with Crippen molar-refractivity contribution < 1.29 is 22.8 Å². The zero-order valence-electron chi connectivity index (χ0n) is 9.49. The van der Waals surface area contributed by atoms with Crippen molar-refractivity contribution >= 4 is 11.8 Å². The highest BCUT2D eigenvalue weighted by Crippen LogP contribution is 2.33. The Bertz CT molecular complexity index is 602. The number of halogens is 3. The molecule has 19 heavy (non-hydrogen) atoms. The molecule has 0 unspecified atom stereocenters. The van der Waals surface area contributed by atoms with Gasteiger partial charge in [-0.15, -0.1) is 0 Å². The molecule has 1 aromatic carbocycles. The number of rotatable bonds is 2. The first-order valence-electron chi connectivity index (χ1n) is 5.30. The number of benzene rings is 1. The number of nitrogens with zero attached hydrogens (tertiary/aromatic N) is 2. The summed E-state index contributed by atoms with van der Waals surface area (Å²) in [5, 5.41) is 8.42. The number of carbonyl (C=O) groups excluding carboxylic acids is 2. The first kappa shape index (κ1) is 13.1. The number of hydrogen-bond donors (Lipinski definition) is 0. The van der Waals surface area contributed by atoms with Crippen LogP contribution in [-0.2, 0) is 6.18 Å². The maximum atomic E-state index is 12.5. The summed E-state index contributed by atoms with van der Waals surface area (Å²) in [6.45, 7) is -0.121. The predicted molar refractivity (Wildman–Crippen MR) is 57.0 cm³/mol. The maximum absolute atomic E-state index is 12.5. The highest BCUT2D eigenvalue weighted by Gasteiger charge is 2.38. The van der Waals surface area contributed by atoms with Crippen LogP contribution in [-0.4, -0.2) is 23.3 Å². The topological polar surface area (TPSA) is 61.2 Å². The first-order chi connectivity index (χ1) is 8.86. The minimum absolute atomic E-state index is 0.0579. The molecule has 0 N–H and O–H groups in total. The Morgan fingerprint density at radius 2 is 1.79 bits per heavy atom. The Labute approximate surface area is 106 Å². The van der Waals surface area contributed by atoms with Crippen LogP contribution in [0.3, 0.4) is 0 Å². The van der Waals surface area contributed by atoms with Gasteiger partial charge in [0, 0.05) is 6.54 Å². The second-order valence-corrected chi connectivity index (χ2v) is 3.93. The van der Waals surface area contributed by atoms with Gasteiger partial charge < -0.3 is 0 Å². The van der Waals surface area contributed by atoms with Crippen LogP contribution in [0.15, 0.2) is 18.2 Å². The molecule has 0 aromatic heterocycles. The molecule has 0 saturated carbocycles. The lowest BCUT2D eigenvalue weighted by atomic mass is 10.1. The van der Waals surface area contributed by atoms with Crippen LogP contribution in [0, 0.1) is 11.3 Å². The Morgan fingerprint density at radius 3 is 2.37 bits per heavy atom. The van der Waals surface area contributed by atoms with E-state index in [0.29, 0.717) is 6.07 Å². The second kappa shape index (κ2) is 4.39.